The maximum absolute atomic E-state index is 11.3. The lowest BCUT2D eigenvalue weighted by molar-refractivity contribution is -0.138. The van der Waals surface area contributed by atoms with Gasteiger partial charge in [-0.2, -0.15) is 0 Å². The van der Waals surface area contributed by atoms with Crippen LogP contribution >= 0.6 is 0 Å². The van der Waals surface area contributed by atoms with E-state index in [1.54, 1.807) is 6.07 Å². The summed E-state index contributed by atoms with van der Waals surface area (Å²) in [5.41, 5.74) is 0.196. The van der Waals surface area contributed by atoms with Gasteiger partial charge < -0.3 is 10.0 Å². The molecule has 1 aliphatic rings. The topological polar surface area (TPSA) is 96.5 Å². The minimum absolute atomic E-state index is 0.124. The summed E-state index contributed by atoms with van der Waals surface area (Å²) in [7, 11) is 1.91. The number of tetrazole rings is 1. The van der Waals surface area contributed by atoms with Gasteiger partial charge in [0.25, 0.3) is 0 Å². The number of carboxylic acids is 1. The molecule has 1 saturated carbocycles. The molecule has 1 aliphatic carbocycles. The summed E-state index contributed by atoms with van der Waals surface area (Å²) in [5.74, 6) is -0.0785. The van der Waals surface area contributed by atoms with Gasteiger partial charge in [-0.3, -0.25) is 4.79 Å². The molecule has 0 bridgehead atoms. The molecule has 0 aromatic carbocycles. The molecule has 0 aliphatic heterocycles. The van der Waals surface area contributed by atoms with Crippen LogP contribution in [0, 0.1) is 0 Å². The van der Waals surface area contributed by atoms with Crippen LogP contribution in [0.5, 0.6) is 0 Å². The van der Waals surface area contributed by atoms with E-state index in [0.29, 0.717) is 11.5 Å². The minimum atomic E-state index is -0.771. The molecule has 1 fully saturated rings. The normalized spacial score (nSPS) is 17.8. The van der Waals surface area contributed by atoms with E-state index in [0.717, 1.165) is 32.1 Å². The van der Waals surface area contributed by atoms with Crippen molar-refractivity contribution in [1.29, 1.82) is 0 Å². The second kappa shape index (κ2) is 5.27. The smallest absolute Gasteiger partial charge is 0.305 e. The van der Waals surface area contributed by atoms with E-state index in [4.69, 9.17) is 0 Å². The first-order chi connectivity index (χ1) is 10.1. The van der Waals surface area contributed by atoms with Crippen LogP contribution in [0.3, 0.4) is 0 Å². The maximum Gasteiger partial charge on any atom is 0.305 e. The van der Waals surface area contributed by atoms with Gasteiger partial charge >= 0.3 is 5.97 Å². The number of carbonyl (C=O) groups is 1. The average Bonchev–Trinajstić information content (AvgIpc) is 2.94. The van der Waals surface area contributed by atoms with Crippen LogP contribution in [0.15, 0.2) is 12.1 Å². The fourth-order valence-electron chi connectivity index (χ4n) is 3.18. The molecule has 0 amide bonds. The lowest BCUT2D eigenvalue weighted by Crippen LogP contribution is -2.50. The van der Waals surface area contributed by atoms with Crippen molar-refractivity contribution in [2.45, 2.75) is 44.1 Å². The Balaban J connectivity index is 1.95. The van der Waals surface area contributed by atoms with Crippen LogP contribution in [-0.2, 0) is 4.79 Å². The largest absolute Gasteiger partial charge is 0.481 e. The maximum atomic E-state index is 11.3. The predicted molar refractivity (Wildman–Crippen MR) is 75.0 cm³/mol. The highest BCUT2D eigenvalue weighted by Crippen LogP contribution is 2.37. The molecule has 8 nitrogen and oxygen atoms in total. The lowest BCUT2D eigenvalue weighted by Gasteiger charge is -2.44. The molecule has 2 aromatic rings. The molecule has 21 heavy (non-hydrogen) atoms. The Hall–Kier alpha value is -2.25. The number of anilines is 1. The summed E-state index contributed by atoms with van der Waals surface area (Å²) in [6, 6.07) is 3.63. The minimum Gasteiger partial charge on any atom is -0.481 e. The third-order valence-corrected chi connectivity index (χ3v) is 4.38. The summed E-state index contributed by atoms with van der Waals surface area (Å²) in [6.07, 6.45) is 5.11. The van der Waals surface area contributed by atoms with E-state index in [1.807, 2.05) is 18.0 Å². The van der Waals surface area contributed by atoms with Crippen molar-refractivity contribution in [2.75, 3.05) is 11.9 Å². The summed E-state index contributed by atoms with van der Waals surface area (Å²) in [4.78, 5) is 13.3. The number of aliphatic carboxylic acids is 1. The highest BCUT2D eigenvalue weighted by molar-refractivity contribution is 5.69. The molecule has 0 atom stereocenters. The predicted octanol–water partition coefficient (Wildman–Crippen LogP) is 1.13. The molecule has 112 valence electrons. The van der Waals surface area contributed by atoms with E-state index in [9.17, 15) is 9.90 Å². The van der Waals surface area contributed by atoms with Crippen LogP contribution < -0.4 is 4.90 Å². The van der Waals surface area contributed by atoms with Crippen molar-refractivity contribution in [3.05, 3.63) is 12.1 Å². The zero-order chi connectivity index (χ0) is 14.9. The van der Waals surface area contributed by atoms with Gasteiger partial charge in [0.2, 0.25) is 0 Å². The Kier molecular flexibility index (Phi) is 3.44. The number of nitrogens with zero attached hydrogens (tertiary/aromatic N) is 6. The van der Waals surface area contributed by atoms with Crippen molar-refractivity contribution < 1.29 is 9.90 Å². The van der Waals surface area contributed by atoms with Crippen LogP contribution in [0.25, 0.3) is 5.65 Å². The number of carboxylic acid groups (broad SMARTS) is 1. The molecule has 1 N–H and O–H groups in total. The van der Waals surface area contributed by atoms with Crippen LogP contribution in [-0.4, -0.2) is 48.9 Å². The van der Waals surface area contributed by atoms with E-state index in [1.165, 1.54) is 4.63 Å². The molecule has 0 spiro atoms. The Morgan fingerprint density at radius 2 is 2.14 bits per heavy atom. The second-order valence-corrected chi connectivity index (χ2v) is 5.63. The molecule has 2 aromatic heterocycles. The number of rotatable bonds is 4. The van der Waals surface area contributed by atoms with Crippen LogP contribution in [0.2, 0.25) is 0 Å². The van der Waals surface area contributed by atoms with Crippen LogP contribution in [0.4, 0.5) is 5.82 Å². The second-order valence-electron chi connectivity index (χ2n) is 5.63. The summed E-state index contributed by atoms with van der Waals surface area (Å²) in [5, 5.41) is 24.8. The van der Waals surface area contributed by atoms with E-state index in [2.05, 4.69) is 20.6 Å². The zero-order valence-corrected chi connectivity index (χ0v) is 11.9. The first kappa shape index (κ1) is 13.7. The molecule has 3 rings (SSSR count). The molecule has 8 heteroatoms. The van der Waals surface area contributed by atoms with E-state index >= 15 is 0 Å². The van der Waals surface area contributed by atoms with Crippen molar-refractivity contribution in [3.63, 3.8) is 0 Å². The number of hydrogen-bond acceptors (Lipinski definition) is 6. The van der Waals surface area contributed by atoms with Gasteiger partial charge in [-0.05, 0) is 35.4 Å². The molecular weight excluding hydrogens is 272 g/mol. The average molecular weight is 290 g/mol. The Labute approximate surface area is 121 Å². The first-order valence-corrected chi connectivity index (χ1v) is 7.12. The molecular formula is C13H18N6O2. The third-order valence-electron chi connectivity index (χ3n) is 4.38. The standard InChI is InChI=1S/C13H18N6O2/c1-18(11-6-5-10-14-16-17-19(10)15-11)13(9-12(20)21)7-3-2-4-8-13/h5-6H,2-4,7-9H2,1H3,(H,20,21). The summed E-state index contributed by atoms with van der Waals surface area (Å²) in [6.45, 7) is 0. The van der Waals surface area contributed by atoms with Gasteiger partial charge in [0.15, 0.2) is 11.5 Å². The van der Waals surface area contributed by atoms with E-state index < -0.39 is 5.97 Å². The Morgan fingerprint density at radius 1 is 1.38 bits per heavy atom. The van der Waals surface area contributed by atoms with Gasteiger partial charge in [0, 0.05) is 7.05 Å². The number of hydrogen-bond donors (Lipinski definition) is 1. The summed E-state index contributed by atoms with van der Waals surface area (Å²) >= 11 is 0. The number of aromatic nitrogens is 5. The molecule has 0 radical (unpaired) electrons. The van der Waals surface area contributed by atoms with Gasteiger partial charge in [-0.25, -0.2) is 0 Å². The first-order valence-electron chi connectivity index (χ1n) is 7.12. The van der Waals surface area contributed by atoms with Crippen molar-refractivity contribution in [2.24, 2.45) is 0 Å². The highest BCUT2D eigenvalue weighted by atomic mass is 16.4. The zero-order valence-electron chi connectivity index (χ0n) is 11.9. The summed E-state index contributed by atoms with van der Waals surface area (Å²) < 4.78 is 1.36. The fraction of sp³-hybridized carbons (Fsp3) is 0.615. The monoisotopic (exact) mass is 290 g/mol. The molecule has 2 heterocycles. The molecule has 0 saturated heterocycles. The Morgan fingerprint density at radius 3 is 2.86 bits per heavy atom. The lowest BCUT2D eigenvalue weighted by atomic mass is 9.78. The van der Waals surface area contributed by atoms with Gasteiger partial charge in [0.05, 0.1) is 12.0 Å². The number of fused-ring (bicyclic) bond motifs is 1. The molecule has 0 unspecified atom stereocenters. The highest BCUT2D eigenvalue weighted by Gasteiger charge is 2.39. The SMILES string of the molecule is CN(c1ccc2nnnn2n1)C1(CC(=O)O)CCCCC1. The van der Waals surface area contributed by atoms with Gasteiger partial charge in [-0.1, -0.05) is 19.3 Å². The quantitative estimate of drug-likeness (QED) is 0.901. The van der Waals surface area contributed by atoms with E-state index in [-0.39, 0.29) is 12.0 Å². The Bertz CT molecular complexity index is 649. The van der Waals surface area contributed by atoms with Crippen LogP contribution in [0.1, 0.15) is 38.5 Å². The van der Waals surface area contributed by atoms with Gasteiger partial charge in [0.1, 0.15) is 0 Å². The fourth-order valence-corrected chi connectivity index (χ4v) is 3.18. The van der Waals surface area contributed by atoms with Crippen molar-refractivity contribution in [3.8, 4) is 0 Å². The van der Waals surface area contributed by atoms with Crippen molar-refractivity contribution >= 4 is 17.4 Å². The third kappa shape index (κ3) is 2.53. The van der Waals surface area contributed by atoms with Gasteiger partial charge in [-0.15, -0.1) is 14.8 Å². The van der Waals surface area contributed by atoms with Crippen molar-refractivity contribution in [1.82, 2.24) is 25.3 Å².